The van der Waals surface area contributed by atoms with Gasteiger partial charge in [-0.2, -0.15) is 0 Å². The van der Waals surface area contributed by atoms with Gasteiger partial charge in [-0.1, -0.05) is 0 Å². The number of carbonyl (C=O) groups is 2. The van der Waals surface area contributed by atoms with Crippen molar-refractivity contribution in [2.45, 2.75) is 13.5 Å². The Bertz CT molecular complexity index is 841. The van der Waals surface area contributed by atoms with Crippen molar-refractivity contribution >= 4 is 23.2 Å². The van der Waals surface area contributed by atoms with Gasteiger partial charge < -0.3 is 19.5 Å². The number of nitro benzene ring substituents is 1. The van der Waals surface area contributed by atoms with Crippen LogP contribution in [-0.4, -0.2) is 47.8 Å². The molecular weight excluding hydrogens is 352 g/mol. The number of piperazine rings is 1. The number of hydrogen-bond donors (Lipinski definition) is 1. The topological polar surface area (TPSA) is 109 Å². The molecule has 0 saturated carbocycles. The van der Waals surface area contributed by atoms with E-state index in [-0.39, 0.29) is 23.7 Å². The summed E-state index contributed by atoms with van der Waals surface area (Å²) in [6, 6.07) is 7.88. The molecule has 2 heterocycles. The third kappa shape index (κ3) is 4.25. The summed E-state index contributed by atoms with van der Waals surface area (Å²) in [7, 11) is 0. The van der Waals surface area contributed by atoms with Crippen LogP contribution in [0, 0.1) is 10.1 Å². The molecule has 1 fully saturated rings. The Kier molecular flexibility index (Phi) is 5.39. The number of nitrogens with zero attached hydrogens (tertiary/aromatic N) is 3. The predicted molar refractivity (Wildman–Crippen MR) is 97.4 cm³/mol. The molecule has 2 amide bonds. The van der Waals surface area contributed by atoms with Crippen molar-refractivity contribution in [2.24, 2.45) is 0 Å². The van der Waals surface area contributed by atoms with Crippen LogP contribution in [0.5, 0.6) is 0 Å². The minimum Gasteiger partial charge on any atom is -0.467 e. The summed E-state index contributed by atoms with van der Waals surface area (Å²) in [6.07, 6.45) is 1.51. The molecule has 0 bridgehead atoms. The van der Waals surface area contributed by atoms with Gasteiger partial charge in [0, 0.05) is 44.7 Å². The van der Waals surface area contributed by atoms with Crippen LogP contribution in [-0.2, 0) is 11.3 Å². The van der Waals surface area contributed by atoms with E-state index >= 15 is 0 Å². The van der Waals surface area contributed by atoms with Crippen molar-refractivity contribution in [3.05, 3.63) is 58.0 Å². The lowest BCUT2D eigenvalue weighted by Gasteiger charge is -2.35. The van der Waals surface area contributed by atoms with Crippen LogP contribution in [0.1, 0.15) is 23.0 Å². The Labute approximate surface area is 155 Å². The van der Waals surface area contributed by atoms with Crippen molar-refractivity contribution < 1.29 is 18.9 Å². The molecule has 1 aliphatic rings. The van der Waals surface area contributed by atoms with Crippen LogP contribution in [0.15, 0.2) is 41.0 Å². The first-order valence-electron chi connectivity index (χ1n) is 8.55. The van der Waals surface area contributed by atoms with E-state index in [0.29, 0.717) is 37.6 Å². The third-order valence-electron chi connectivity index (χ3n) is 4.50. The van der Waals surface area contributed by atoms with E-state index < -0.39 is 10.8 Å². The highest BCUT2D eigenvalue weighted by Crippen LogP contribution is 2.30. The summed E-state index contributed by atoms with van der Waals surface area (Å²) in [6.45, 7) is 3.74. The highest BCUT2D eigenvalue weighted by Gasteiger charge is 2.25. The molecule has 0 atom stereocenters. The fraction of sp³-hybridized carbons (Fsp3) is 0.333. The first kappa shape index (κ1) is 18.4. The SMILES string of the molecule is CC(=O)N1CCN(c2ccc(C(=O)NCc3ccco3)cc2[N+](=O)[O-])CC1. The largest absolute Gasteiger partial charge is 0.467 e. The van der Waals surface area contributed by atoms with Gasteiger partial charge in [0.25, 0.3) is 11.6 Å². The fourth-order valence-corrected chi connectivity index (χ4v) is 3.02. The van der Waals surface area contributed by atoms with E-state index in [1.165, 1.54) is 19.3 Å². The van der Waals surface area contributed by atoms with Crippen LogP contribution in [0.3, 0.4) is 0 Å². The molecule has 9 heteroatoms. The number of hydrogen-bond acceptors (Lipinski definition) is 6. The van der Waals surface area contributed by atoms with Gasteiger partial charge in [-0.05, 0) is 24.3 Å². The first-order valence-corrected chi connectivity index (χ1v) is 8.55. The molecule has 27 heavy (non-hydrogen) atoms. The molecule has 1 saturated heterocycles. The van der Waals surface area contributed by atoms with E-state index in [1.807, 2.05) is 4.90 Å². The van der Waals surface area contributed by atoms with Crippen molar-refractivity contribution in [3.63, 3.8) is 0 Å². The number of carbonyl (C=O) groups excluding carboxylic acids is 2. The lowest BCUT2D eigenvalue weighted by Crippen LogP contribution is -2.48. The van der Waals surface area contributed by atoms with Gasteiger partial charge in [-0.25, -0.2) is 0 Å². The van der Waals surface area contributed by atoms with E-state index in [0.717, 1.165) is 0 Å². The van der Waals surface area contributed by atoms with E-state index in [9.17, 15) is 19.7 Å². The molecule has 1 aromatic carbocycles. The standard InChI is InChI=1S/C18H20N4O5/c1-13(23)20-6-8-21(9-7-20)16-5-4-14(11-17(16)22(25)26)18(24)19-12-15-3-2-10-27-15/h2-5,10-11H,6-9,12H2,1H3,(H,19,24). The minimum atomic E-state index is -0.490. The molecule has 142 valence electrons. The summed E-state index contributed by atoms with van der Waals surface area (Å²) < 4.78 is 5.15. The van der Waals surface area contributed by atoms with Crippen LogP contribution >= 0.6 is 0 Å². The van der Waals surface area contributed by atoms with Crippen molar-refractivity contribution in [3.8, 4) is 0 Å². The van der Waals surface area contributed by atoms with Crippen molar-refractivity contribution in [1.82, 2.24) is 10.2 Å². The van der Waals surface area contributed by atoms with Crippen LogP contribution in [0.25, 0.3) is 0 Å². The Morgan fingerprint density at radius 1 is 1.22 bits per heavy atom. The Morgan fingerprint density at radius 3 is 2.56 bits per heavy atom. The molecule has 9 nitrogen and oxygen atoms in total. The number of anilines is 1. The minimum absolute atomic E-state index is 0.00674. The highest BCUT2D eigenvalue weighted by atomic mass is 16.6. The van der Waals surface area contributed by atoms with Gasteiger partial charge in [0.1, 0.15) is 11.4 Å². The third-order valence-corrected chi connectivity index (χ3v) is 4.50. The highest BCUT2D eigenvalue weighted by molar-refractivity contribution is 5.95. The first-order chi connectivity index (χ1) is 13.0. The molecular formula is C18H20N4O5. The molecule has 0 spiro atoms. The summed E-state index contributed by atoms with van der Waals surface area (Å²) in [5.41, 5.74) is 0.530. The maximum absolute atomic E-state index is 12.3. The average Bonchev–Trinajstić information content (AvgIpc) is 3.19. The predicted octanol–water partition coefficient (Wildman–Crippen LogP) is 1.79. The molecule has 0 aliphatic carbocycles. The van der Waals surface area contributed by atoms with Crippen molar-refractivity contribution in [1.29, 1.82) is 0 Å². The normalized spacial score (nSPS) is 14.1. The zero-order valence-electron chi connectivity index (χ0n) is 14.9. The number of amides is 2. The number of benzene rings is 1. The second-order valence-corrected chi connectivity index (χ2v) is 6.22. The van der Waals surface area contributed by atoms with Gasteiger partial charge in [-0.15, -0.1) is 0 Å². The summed E-state index contributed by atoms with van der Waals surface area (Å²) in [5.74, 6) is 0.174. The maximum atomic E-state index is 12.3. The molecule has 1 N–H and O–H groups in total. The molecule has 0 unspecified atom stereocenters. The van der Waals surface area contributed by atoms with Crippen LogP contribution in [0.2, 0.25) is 0 Å². The smallest absolute Gasteiger partial charge is 0.293 e. The zero-order chi connectivity index (χ0) is 19.4. The van der Waals surface area contributed by atoms with E-state index in [4.69, 9.17) is 4.42 Å². The lowest BCUT2D eigenvalue weighted by molar-refractivity contribution is -0.384. The molecule has 0 radical (unpaired) electrons. The molecule has 2 aromatic rings. The second-order valence-electron chi connectivity index (χ2n) is 6.22. The zero-order valence-corrected chi connectivity index (χ0v) is 14.9. The summed E-state index contributed by atoms with van der Waals surface area (Å²) >= 11 is 0. The Morgan fingerprint density at radius 2 is 1.96 bits per heavy atom. The van der Waals surface area contributed by atoms with Crippen LogP contribution < -0.4 is 10.2 Å². The molecule has 1 aromatic heterocycles. The van der Waals surface area contributed by atoms with E-state index in [1.54, 1.807) is 29.2 Å². The number of nitro groups is 1. The maximum Gasteiger partial charge on any atom is 0.293 e. The van der Waals surface area contributed by atoms with Crippen molar-refractivity contribution in [2.75, 3.05) is 31.1 Å². The van der Waals surface area contributed by atoms with E-state index in [2.05, 4.69) is 5.32 Å². The second kappa shape index (κ2) is 7.90. The fourth-order valence-electron chi connectivity index (χ4n) is 3.02. The number of nitrogens with one attached hydrogen (secondary N) is 1. The Hall–Kier alpha value is -3.36. The average molecular weight is 372 g/mol. The van der Waals surface area contributed by atoms with Gasteiger partial charge in [0.15, 0.2) is 0 Å². The monoisotopic (exact) mass is 372 g/mol. The van der Waals surface area contributed by atoms with Gasteiger partial charge in [-0.3, -0.25) is 19.7 Å². The van der Waals surface area contributed by atoms with Gasteiger partial charge >= 0.3 is 0 Å². The quantitative estimate of drug-likeness (QED) is 0.633. The number of furan rings is 1. The number of rotatable bonds is 5. The summed E-state index contributed by atoms with van der Waals surface area (Å²) in [5, 5.41) is 14.2. The van der Waals surface area contributed by atoms with Gasteiger partial charge in [0.2, 0.25) is 5.91 Å². The lowest BCUT2D eigenvalue weighted by atomic mass is 10.1. The summed E-state index contributed by atoms with van der Waals surface area (Å²) in [4.78, 5) is 38.3. The van der Waals surface area contributed by atoms with Crippen LogP contribution in [0.4, 0.5) is 11.4 Å². The Balaban J connectivity index is 1.74. The molecule has 1 aliphatic heterocycles. The van der Waals surface area contributed by atoms with Gasteiger partial charge in [0.05, 0.1) is 17.7 Å². The molecule has 3 rings (SSSR count).